The molecule has 0 spiro atoms. The molecular weight excluding hydrogens is 734 g/mol. The van der Waals surface area contributed by atoms with Gasteiger partial charge in [-0.3, -0.25) is 29.3 Å². The molecule has 8 rings (SSSR count). The van der Waals surface area contributed by atoms with Gasteiger partial charge in [-0.25, -0.2) is 13.9 Å². The quantitative estimate of drug-likeness (QED) is 0.202. The molecule has 4 aliphatic heterocycles. The average Bonchev–Trinajstić information content (AvgIpc) is 3.77. The van der Waals surface area contributed by atoms with Crippen molar-refractivity contribution in [2.45, 2.75) is 77.1 Å². The van der Waals surface area contributed by atoms with Gasteiger partial charge in [0, 0.05) is 75.4 Å². The van der Waals surface area contributed by atoms with Crippen LogP contribution in [-0.4, -0.2) is 105 Å². The lowest BCUT2D eigenvalue weighted by atomic mass is 9.94. The summed E-state index contributed by atoms with van der Waals surface area (Å²) in [6, 6.07) is 9.14. The van der Waals surface area contributed by atoms with Crippen molar-refractivity contribution in [1.29, 1.82) is 0 Å². The van der Waals surface area contributed by atoms with E-state index in [2.05, 4.69) is 35.8 Å². The van der Waals surface area contributed by atoms with Crippen LogP contribution in [0, 0.1) is 11.7 Å². The first-order valence-corrected chi connectivity index (χ1v) is 19.7. The fourth-order valence-electron chi connectivity index (χ4n) is 8.39. The number of imide groups is 1. The SMILES string of the molecule is CC(C)Oc1cc2c(cc1NC(=O)c1cnn3cccnc13)CN(C1CCN(CC3CCN(c4ccc(C(=O)NC5CCC(=O)NC5=O)c(F)c4)CC3)CC1)C2=O. The maximum Gasteiger partial charge on any atom is 0.261 e. The number of nitrogens with one attached hydrogen (secondary N) is 3. The molecule has 4 aromatic rings. The summed E-state index contributed by atoms with van der Waals surface area (Å²) >= 11 is 0. The molecule has 0 saturated carbocycles. The summed E-state index contributed by atoms with van der Waals surface area (Å²) in [5.41, 5.74) is 3.29. The third kappa shape index (κ3) is 8.04. The summed E-state index contributed by atoms with van der Waals surface area (Å²) in [6.07, 6.45) is 8.57. The van der Waals surface area contributed by atoms with Crippen molar-refractivity contribution >= 4 is 46.6 Å². The van der Waals surface area contributed by atoms with Crippen molar-refractivity contribution in [3.8, 4) is 5.75 Å². The van der Waals surface area contributed by atoms with Gasteiger partial charge in [-0.1, -0.05) is 0 Å². The van der Waals surface area contributed by atoms with Crippen molar-refractivity contribution in [3.63, 3.8) is 0 Å². The van der Waals surface area contributed by atoms with Crippen molar-refractivity contribution < 1.29 is 33.1 Å². The molecule has 3 N–H and O–H groups in total. The van der Waals surface area contributed by atoms with Crippen LogP contribution in [0.5, 0.6) is 5.75 Å². The number of amides is 5. The lowest BCUT2D eigenvalue weighted by molar-refractivity contribution is -0.134. The molecule has 0 aliphatic carbocycles. The Labute approximate surface area is 328 Å². The summed E-state index contributed by atoms with van der Waals surface area (Å²) in [5.74, 6) is -1.77. The Balaban J connectivity index is 0.827. The Morgan fingerprint density at radius 3 is 2.51 bits per heavy atom. The molecule has 57 heavy (non-hydrogen) atoms. The third-order valence-electron chi connectivity index (χ3n) is 11.4. The smallest absolute Gasteiger partial charge is 0.261 e. The molecule has 298 valence electrons. The largest absolute Gasteiger partial charge is 0.489 e. The molecule has 16 heteroatoms. The minimum Gasteiger partial charge on any atom is -0.489 e. The number of piperidine rings is 3. The summed E-state index contributed by atoms with van der Waals surface area (Å²) in [7, 11) is 0. The van der Waals surface area contributed by atoms with Gasteiger partial charge in [-0.2, -0.15) is 5.10 Å². The molecule has 3 saturated heterocycles. The fraction of sp³-hybridized carbons (Fsp3) is 0.439. The average molecular weight is 780 g/mol. The molecule has 1 unspecified atom stereocenters. The fourth-order valence-corrected chi connectivity index (χ4v) is 8.39. The number of halogens is 1. The van der Waals surface area contributed by atoms with Crippen LogP contribution in [0.4, 0.5) is 15.8 Å². The van der Waals surface area contributed by atoms with E-state index in [0.717, 1.165) is 64.0 Å². The standard InChI is InChI=1S/C41H46FN9O6/c1-24(2)57-35-20-30-26(18-34(35)46-39(54)31-21-44-51-13-3-12-43-37(31)51)23-50(41(30)56)27-10-14-48(15-11-27)22-25-8-16-49(17-9-25)28-4-5-29(32(42)19-28)38(53)45-33-6-7-36(52)47-40(33)55/h3-5,12-13,18-21,24-25,27,33H,6-11,14-17,22-23H2,1-2H3,(H,45,53)(H,46,54)(H,47,52,55). The monoisotopic (exact) mass is 779 g/mol. The number of hydrogen-bond acceptors (Lipinski definition) is 10. The topological polar surface area (TPSA) is 171 Å². The minimum atomic E-state index is -0.873. The van der Waals surface area contributed by atoms with Crippen LogP contribution in [0.25, 0.3) is 5.65 Å². The number of carbonyl (C=O) groups is 5. The lowest BCUT2D eigenvalue weighted by Crippen LogP contribution is -2.52. The molecule has 0 radical (unpaired) electrons. The van der Waals surface area contributed by atoms with Crippen LogP contribution in [0.2, 0.25) is 0 Å². The normalized spacial score (nSPS) is 19.6. The zero-order valence-electron chi connectivity index (χ0n) is 32.0. The van der Waals surface area contributed by atoms with Crippen LogP contribution in [0.3, 0.4) is 0 Å². The number of ether oxygens (including phenoxy) is 1. The second-order valence-corrected chi connectivity index (χ2v) is 15.6. The van der Waals surface area contributed by atoms with E-state index >= 15 is 4.39 Å². The van der Waals surface area contributed by atoms with Crippen LogP contribution >= 0.6 is 0 Å². The Hall–Kier alpha value is -5.90. The van der Waals surface area contributed by atoms with Gasteiger partial charge in [0.1, 0.15) is 23.2 Å². The molecule has 2 aromatic carbocycles. The minimum absolute atomic E-state index is 0.0199. The zero-order valence-corrected chi connectivity index (χ0v) is 32.0. The van der Waals surface area contributed by atoms with Gasteiger partial charge in [-0.15, -0.1) is 0 Å². The number of anilines is 2. The molecule has 6 heterocycles. The highest BCUT2D eigenvalue weighted by Gasteiger charge is 2.37. The Kier molecular flexibility index (Phi) is 10.6. The number of hydrogen-bond donors (Lipinski definition) is 3. The third-order valence-corrected chi connectivity index (χ3v) is 11.4. The molecule has 3 fully saturated rings. The van der Waals surface area contributed by atoms with Gasteiger partial charge in [-0.05, 0) is 93.8 Å². The van der Waals surface area contributed by atoms with E-state index in [9.17, 15) is 24.0 Å². The van der Waals surface area contributed by atoms with E-state index in [1.165, 1.54) is 18.3 Å². The first-order chi connectivity index (χ1) is 27.5. The van der Waals surface area contributed by atoms with Gasteiger partial charge in [0.05, 0.1) is 23.6 Å². The van der Waals surface area contributed by atoms with E-state index in [0.29, 0.717) is 46.4 Å². The first kappa shape index (κ1) is 38.0. The van der Waals surface area contributed by atoms with Gasteiger partial charge < -0.3 is 30.1 Å². The zero-order chi connectivity index (χ0) is 39.8. The van der Waals surface area contributed by atoms with E-state index in [4.69, 9.17) is 4.74 Å². The maximum atomic E-state index is 15.1. The number of nitrogens with zero attached hydrogens (tertiary/aromatic N) is 6. The second kappa shape index (κ2) is 15.9. The van der Waals surface area contributed by atoms with Crippen molar-refractivity contribution in [2.24, 2.45) is 5.92 Å². The summed E-state index contributed by atoms with van der Waals surface area (Å²) < 4.78 is 22.7. The van der Waals surface area contributed by atoms with E-state index in [1.54, 1.807) is 35.1 Å². The number of carbonyl (C=O) groups excluding carboxylic acids is 5. The maximum absolute atomic E-state index is 15.1. The summed E-state index contributed by atoms with van der Waals surface area (Å²) in [5, 5.41) is 11.9. The summed E-state index contributed by atoms with van der Waals surface area (Å²) in [6.45, 7) is 8.53. The van der Waals surface area contributed by atoms with E-state index < -0.39 is 23.7 Å². The molecular formula is C41H46FN9O6. The molecule has 0 bridgehead atoms. The molecule has 4 aliphatic rings. The number of fused-ring (bicyclic) bond motifs is 2. The van der Waals surface area contributed by atoms with E-state index in [-0.39, 0.29) is 48.3 Å². The molecule has 5 amide bonds. The summed E-state index contributed by atoms with van der Waals surface area (Å²) in [4.78, 5) is 74.2. The highest BCUT2D eigenvalue weighted by Crippen LogP contribution is 2.37. The highest BCUT2D eigenvalue weighted by molar-refractivity contribution is 6.09. The Bertz CT molecular complexity index is 2230. The molecule has 2 aromatic heterocycles. The first-order valence-electron chi connectivity index (χ1n) is 19.7. The van der Waals surface area contributed by atoms with Gasteiger partial charge in [0.15, 0.2) is 5.65 Å². The van der Waals surface area contributed by atoms with Crippen molar-refractivity contribution in [3.05, 3.63) is 83.1 Å². The predicted molar refractivity (Wildman–Crippen MR) is 207 cm³/mol. The second-order valence-electron chi connectivity index (χ2n) is 15.6. The van der Waals surface area contributed by atoms with Crippen LogP contribution in [0.1, 0.15) is 89.0 Å². The Morgan fingerprint density at radius 2 is 1.77 bits per heavy atom. The van der Waals surface area contributed by atoms with Crippen LogP contribution in [0.15, 0.2) is 55.0 Å². The number of benzene rings is 2. The lowest BCUT2D eigenvalue weighted by Gasteiger charge is -2.40. The predicted octanol–water partition coefficient (Wildman–Crippen LogP) is 3.78. The van der Waals surface area contributed by atoms with Gasteiger partial charge in [0.2, 0.25) is 11.8 Å². The Morgan fingerprint density at radius 1 is 0.982 bits per heavy atom. The van der Waals surface area contributed by atoms with Gasteiger partial charge in [0.25, 0.3) is 17.7 Å². The molecule has 15 nitrogen and oxygen atoms in total. The number of likely N-dealkylation sites (tertiary alicyclic amines) is 1. The van der Waals surface area contributed by atoms with Gasteiger partial charge >= 0.3 is 0 Å². The number of rotatable bonds is 10. The molecule has 1 atom stereocenters. The highest BCUT2D eigenvalue weighted by atomic mass is 19.1. The van der Waals surface area contributed by atoms with Crippen LogP contribution < -0.4 is 25.6 Å². The number of aromatic nitrogens is 3. The van der Waals surface area contributed by atoms with Crippen LogP contribution in [-0.2, 0) is 16.1 Å². The van der Waals surface area contributed by atoms with Crippen molar-refractivity contribution in [2.75, 3.05) is 42.9 Å². The van der Waals surface area contributed by atoms with Crippen molar-refractivity contribution in [1.82, 2.24) is 35.0 Å². The van der Waals surface area contributed by atoms with E-state index in [1.807, 2.05) is 24.8 Å².